The Morgan fingerprint density at radius 1 is 1.30 bits per heavy atom. The first-order valence-corrected chi connectivity index (χ1v) is 9.42. The van der Waals surface area contributed by atoms with Crippen LogP contribution in [0.2, 0.25) is 0 Å². The highest BCUT2D eigenvalue weighted by atomic mass is 16.5. The van der Waals surface area contributed by atoms with Gasteiger partial charge in [-0.05, 0) is 19.1 Å². The number of carbonyl (C=O) groups is 1. The zero-order valence-corrected chi connectivity index (χ0v) is 15.5. The number of hydrogen-bond acceptors (Lipinski definition) is 6. The molecule has 1 aromatic heterocycles. The Morgan fingerprint density at radius 2 is 2.07 bits per heavy atom. The van der Waals surface area contributed by atoms with E-state index >= 15 is 0 Å². The van der Waals surface area contributed by atoms with Crippen LogP contribution >= 0.6 is 0 Å². The van der Waals surface area contributed by atoms with Crippen molar-refractivity contribution in [3.05, 3.63) is 34.6 Å². The van der Waals surface area contributed by atoms with E-state index in [-0.39, 0.29) is 36.1 Å². The van der Waals surface area contributed by atoms with Gasteiger partial charge in [0.1, 0.15) is 5.52 Å². The molecule has 27 heavy (non-hydrogen) atoms. The van der Waals surface area contributed by atoms with Crippen molar-refractivity contribution in [3.8, 4) is 0 Å². The summed E-state index contributed by atoms with van der Waals surface area (Å²) >= 11 is 0. The van der Waals surface area contributed by atoms with Crippen molar-refractivity contribution in [1.29, 1.82) is 0 Å². The van der Waals surface area contributed by atoms with Crippen molar-refractivity contribution in [2.75, 3.05) is 26.3 Å². The molecule has 8 heteroatoms. The summed E-state index contributed by atoms with van der Waals surface area (Å²) in [6.07, 6.45) is 1.81. The second kappa shape index (κ2) is 7.36. The molecule has 3 heterocycles. The number of aryl methyl sites for hydroxylation is 1. The monoisotopic (exact) mass is 372 g/mol. The molecule has 0 bridgehead atoms. The lowest BCUT2D eigenvalue weighted by Gasteiger charge is -2.47. The fourth-order valence-corrected chi connectivity index (χ4v) is 3.96. The molecule has 1 atom stereocenters. The van der Waals surface area contributed by atoms with Gasteiger partial charge in [-0.3, -0.25) is 9.59 Å². The second-order valence-corrected chi connectivity index (χ2v) is 7.38. The number of amides is 1. The molecule has 0 N–H and O–H groups in total. The smallest absolute Gasteiger partial charge is 0.277 e. The second-order valence-electron chi connectivity index (χ2n) is 7.38. The summed E-state index contributed by atoms with van der Waals surface area (Å²) in [7, 11) is 0. The van der Waals surface area contributed by atoms with Crippen LogP contribution in [0.4, 0.5) is 0 Å². The summed E-state index contributed by atoms with van der Waals surface area (Å²) in [6, 6.07) is 7.09. The first-order chi connectivity index (χ1) is 13.1. The number of ether oxygens (including phenoxy) is 2. The van der Waals surface area contributed by atoms with Crippen molar-refractivity contribution < 1.29 is 14.3 Å². The molecule has 2 saturated heterocycles. The van der Waals surface area contributed by atoms with Crippen molar-refractivity contribution in [2.24, 2.45) is 0 Å². The molecule has 8 nitrogen and oxygen atoms in total. The van der Waals surface area contributed by atoms with E-state index in [1.807, 2.05) is 17.9 Å². The lowest BCUT2D eigenvalue weighted by atomic mass is 9.91. The molecule has 1 spiro atoms. The number of rotatable bonds is 3. The summed E-state index contributed by atoms with van der Waals surface area (Å²) < 4.78 is 12.9. The standard InChI is InChI=1S/C19H24N4O4/c1-14-12-22(13-19(27-14)7-10-26-11-8-19)17(24)6-9-23-18(25)15-4-2-3-5-16(15)20-21-23/h2-5,14H,6-13H2,1H3. The van der Waals surface area contributed by atoms with Crippen LogP contribution in [0.25, 0.3) is 10.9 Å². The molecule has 4 rings (SSSR count). The quantitative estimate of drug-likeness (QED) is 0.798. The van der Waals surface area contributed by atoms with Crippen molar-refractivity contribution >= 4 is 16.8 Å². The number of hydrogen-bond donors (Lipinski definition) is 0. The highest BCUT2D eigenvalue weighted by Gasteiger charge is 2.42. The first-order valence-electron chi connectivity index (χ1n) is 9.42. The molecule has 0 radical (unpaired) electrons. The van der Waals surface area contributed by atoms with Crippen LogP contribution in [-0.4, -0.2) is 63.8 Å². The van der Waals surface area contributed by atoms with Gasteiger partial charge in [0.25, 0.3) is 5.56 Å². The summed E-state index contributed by atoms with van der Waals surface area (Å²) in [5.74, 6) is 0.0119. The Balaban J connectivity index is 1.44. The lowest BCUT2D eigenvalue weighted by molar-refractivity contribution is -0.189. The van der Waals surface area contributed by atoms with E-state index in [9.17, 15) is 9.59 Å². The maximum atomic E-state index is 12.8. The van der Waals surface area contributed by atoms with Gasteiger partial charge in [-0.15, -0.1) is 5.10 Å². The van der Waals surface area contributed by atoms with E-state index in [0.29, 0.717) is 37.2 Å². The highest BCUT2D eigenvalue weighted by Crippen LogP contribution is 2.31. The van der Waals surface area contributed by atoms with Gasteiger partial charge in [-0.1, -0.05) is 17.3 Å². The number of benzene rings is 1. The number of nitrogens with zero attached hydrogens (tertiary/aromatic N) is 4. The third kappa shape index (κ3) is 3.72. The van der Waals surface area contributed by atoms with Gasteiger partial charge < -0.3 is 14.4 Å². The molecule has 2 aromatic rings. The van der Waals surface area contributed by atoms with Gasteiger partial charge >= 0.3 is 0 Å². The fourth-order valence-electron chi connectivity index (χ4n) is 3.96. The Hall–Kier alpha value is -2.32. The number of aromatic nitrogens is 3. The van der Waals surface area contributed by atoms with Crippen LogP contribution in [-0.2, 0) is 20.8 Å². The van der Waals surface area contributed by atoms with Crippen molar-refractivity contribution in [2.45, 2.75) is 44.4 Å². The van der Waals surface area contributed by atoms with Gasteiger partial charge in [0, 0.05) is 45.6 Å². The largest absolute Gasteiger partial charge is 0.381 e. The predicted octanol–water partition coefficient (Wildman–Crippen LogP) is 0.978. The SMILES string of the molecule is CC1CN(C(=O)CCn2nnc3ccccc3c2=O)CC2(CCOCC2)O1. The van der Waals surface area contributed by atoms with Gasteiger partial charge in [-0.2, -0.15) is 0 Å². The van der Waals surface area contributed by atoms with Crippen molar-refractivity contribution in [1.82, 2.24) is 19.9 Å². The van der Waals surface area contributed by atoms with E-state index in [2.05, 4.69) is 10.3 Å². The molecule has 2 aliphatic rings. The molecule has 2 aliphatic heterocycles. The highest BCUT2D eigenvalue weighted by molar-refractivity contribution is 5.77. The Morgan fingerprint density at radius 3 is 2.89 bits per heavy atom. The van der Waals surface area contributed by atoms with Crippen molar-refractivity contribution in [3.63, 3.8) is 0 Å². The van der Waals surface area contributed by atoms with E-state index in [1.165, 1.54) is 4.68 Å². The topological polar surface area (TPSA) is 86.6 Å². The summed E-state index contributed by atoms with van der Waals surface area (Å²) in [5, 5.41) is 8.55. The number of morpholine rings is 1. The zero-order valence-electron chi connectivity index (χ0n) is 15.5. The minimum Gasteiger partial charge on any atom is -0.381 e. The minimum absolute atomic E-state index is 0.0102. The van der Waals surface area contributed by atoms with Crippen LogP contribution < -0.4 is 5.56 Å². The summed E-state index contributed by atoms with van der Waals surface area (Å²) in [6.45, 7) is 4.69. The zero-order chi connectivity index (χ0) is 18.9. The Bertz CT molecular complexity index is 891. The first kappa shape index (κ1) is 18.1. The van der Waals surface area contributed by atoms with Crippen LogP contribution in [0.5, 0.6) is 0 Å². The average Bonchev–Trinajstić information content (AvgIpc) is 2.67. The molecule has 1 aromatic carbocycles. The third-order valence-electron chi connectivity index (χ3n) is 5.33. The molecule has 1 amide bonds. The molecular formula is C19H24N4O4. The Kier molecular flexibility index (Phi) is 4.92. The summed E-state index contributed by atoms with van der Waals surface area (Å²) in [4.78, 5) is 27.2. The van der Waals surface area contributed by atoms with Crippen LogP contribution in [0.15, 0.2) is 29.1 Å². The maximum absolute atomic E-state index is 12.8. The number of fused-ring (bicyclic) bond motifs is 1. The predicted molar refractivity (Wildman–Crippen MR) is 98.3 cm³/mol. The van der Waals surface area contributed by atoms with Gasteiger partial charge in [-0.25, -0.2) is 4.68 Å². The maximum Gasteiger partial charge on any atom is 0.277 e. The molecule has 144 valence electrons. The normalized spacial score (nSPS) is 22.3. The number of carbonyl (C=O) groups excluding carboxylic acids is 1. The van der Waals surface area contributed by atoms with E-state index < -0.39 is 0 Å². The van der Waals surface area contributed by atoms with E-state index in [1.54, 1.807) is 18.2 Å². The summed E-state index contributed by atoms with van der Waals surface area (Å²) in [5.41, 5.74) is 0.0451. The lowest BCUT2D eigenvalue weighted by Crippen LogP contribution is -2.58. The van der Waals surface area contributed by atoms with Gasteiger partial charge in [0.05, 0.1) is 23.6 Å². The molecule has 2 fully saturated rings. The fraction of sp³-hybridized carbons (Fsp3) is 0.579. The Labute approximate surface area is 157 Å². The third-order valence-corrected chi connectivity index (χ3v) is 5.33. The van der Waals surface area contributed by atoms with Crippen LogP contribution in [0.3, 0.4) is 0 Å². The molecule has 0 aliphatic carbocycles. The van der Waals surface area contributed by atoms with E-state index in [0.717, 1.165) is 12.8 Å². The van der Waals surface area contributed by atoms with Crippen LogP contribution in [0, 0.1) is 0 Å². The molecule has 1 unspecified atom stereocenters. The average molecular weight is 372 g/mol. The molecule has 0 saturated carbocycles. The molecular weight excluding hydrogens is 348 g/mol. The van der Waals surface area contributed by atoms with Crippen LogP contribution in [0.1, 0.15) is 26.2 Å². The minimum atomic E-state index is -0.300. The van der Waals surface area contributed by atoms with Gasteiger partial charge in [0.2, 0.25) is 5.91 Å². The van der Waals surface area contributed by atoms with Gasteiger partial charge in [0.15, 0.2) is 0 Å². The van der Waals surface area contributed by atoms with E-state index in [4.69, 9.17) is 9.47 Å².